The molecule has 4 rings (SSSR count). The lowest BCUT2D eigenvalue weighted by Crippen LogP contribution is -2.34. The van der Waals surface area contributed by atoms with Gasteiger partial charge in [0.15, 0.2) is 0 Å². The van der Waals surface area contributed by atoms with Crippen molar-refractivity contribution in [3.05, 3.63) is 45.6 Å². The monoisotopic (exact) mass is 551 g/mol. The van der Waals surface area contributed by atoms with Crippen molar-refractivity contribution in [2.24, 2.45) is 11.8 Å². The number of amides is 1. The number of aromatic nitrogens is 3. The van der Waals surface area contributed by atoms with Crippen LogP contribution in [0.2, 0.25) is 0 Å². The molecule has 1 N–H and O–H groups in total. The molecule has 0 fully saturated rings. The Balaban J connectivity index is 1.70. The number of carbonyl (C=O) groups is 1. The molecule has 0 aliphatic carbocycles. The Morgan fingerprint density at radius 1 is 1.00 bits per heavy atom. The van der Waals surface area contributed by atoms with Gasteiger partial charge in [0, 0.05) is 25.2 Å². The van der Waals surface area contributed by atoms with E-state index in [1.54, 1.807) is 4.40 Å². The van der Waals surface area contributed by atoms with Gasteiger partial charge in [0.1, 0.15) is 4.70 Å². The minimum Gasteiger partial charge on any atom is -0.339 e. The Bertz CT molecular complexity index is 1440. The summed E-state index contributed by atoms with van der Waals surface area (Å²) in [6.45, 7) is 15.2. The fourth-order valence-electron chi connectivity index (χ4n) is 5.00. The van der Waals surface area contributed by atoms with Crippen LogP contribution >= 0.6 is 11.3 Å². The fraction of sp³-hybridized carbons (Fsp3) is 0.581. The van der Waals surface area contributed by atoms with Gasteiger partial charge in [0.05, 0.1) is 16.6 Å². The Kier molecular flexibility index (Phi) is 10.2. The smallest absolute Gasteiger partial charge is 0.277 e. The average molecular weight is 552 g/mol. The molecule has 0 saturated carbocycles. The van der Waals surface area contributed by atoms with Gasteiger partial charge in [-0.2, -0.15) is 0 Å². The van der Waals surface area contributed by atoms with Crippen LogP contribution in [0.5, 0.6) is 0 Å². The van der Waals surface area contributed by atoms with Crippen molar-refractivity contribution < 1.29 is 4.79 Å². The van der Waals surface area contributed by atoms with Crippen LogP contribution in [0.15, 0.2) is 34.4 Å². The van der Waals surface area contributed by atoms with Crippen LogP contribution in [0, 0.1) is 11.8 Å². The van der Waals surface area contributed by atoms with Crippen LogP contribution in [0.25, 0.3) is 27.0 Å². The van der Waals surface area contributed by atoms with Crippen LogP contribution in [0.4, 0.5) is 0 Å². The lowest BCUT2D eigenvalue weighted by atomic mass is 10.1. The third-order valence-electron chi connectivity index (χ3n) is 7.39. The van der Waals surface area contributed by atoms with E-state index >= 15 is 0 Å². The highest BCUT2D eigenvalue weighted by atomic mass is 32.1. The summed E-state index contributed by atoms with van der Waals surface area (Å²) in [5.74, 6) is 1.78. The quantitative estimate of drug-likeness (QED) is 0.170. The molecule has 4 aromatic rings. The first-order valence-electron chi connectivity index (χ1n) is 14.7. The van der Waals surface area contributed by atoms with E-state index in [-0.39, 0.29) is 11.5 Å². The Morgan fingerprint density at radius 2 is 1.72 bits per heavy atom. The molecule has 0 spiro atoms. The fourth-order valence-corrected chi connectivity index (χ4v) is 5.76. The van der Waals surface area contributed by atoms with Gasteiger partial charge in [-0.3, -0.25) is 9.59 Å². The second-order valence-electron chi connectivity index (χ2n) is 11.5. The maximum atomic E-state index is 13.8. The molecule has 1 aromatic carbocycles. The van der Waals surface area contributed by atoms with Crippen LogP contribution < -0.4 is 10.9 Å². The molecule has 0 bridgehead atoms. The Hall–Kier alpha value is -2.71. The maximum Gasteiger partial charge on any atom is 0.277 e. The highest BCUT2D eigenvalue weighted by Gasteiger charge is 2.21. The van der Waals surface area contributed by atoms with Gasteiger partial charge in [-0.25, -0.2) is 9.38 Å². The molecule has 3 heterocycles. The Labute approximate surface area is 236 Å². The normalized spacial score (nSPS) is 12.1. The number of imidazole rings is 1. The van der Waals surface area contributed by atoms with Gasteiger partial charge >= 0.3 is 0 Å². The molecule has 0 unspecified atom stereocenters. The molecule has 0 radical (unpaired) electrons. The minimum atomic E-state index is -0.0407. The van der Waals surface area contributed by atoms with Crippen molar-refractivity contribution in [2.75, 3.05) is 26.2 Å². The number of hydrogen-bond acceptors (Lipinski definition) is 5. The number of nitrogens with one attached hydrogen (secondary N) is 1. The van der Waals surface area contributed by atoms with E-state index in [1.165, 1.54) is 30.6 Å². The van der Waals surface area contributed by atoms with E-state index < -0.39 is 0 Å². The highest BCUT2D eigenvalue weighted by Crippen LogP contribution is 2.25. The van der Waals surface area contributed by atoms with Gasteiger partial charge in [-0.05, 0) is 80.3 Å². The summed E-state index contributed by atoms with van der Waals surface area (Å²) in [7, 11) is 0. The van der Waals surface area contributed by atoms with Crippen molar-refractivity contribution in [1.82, 2.24) is 24.2 Å². The first-order chi connectivity index (χ1) is 18.8. The molecule has 0 aliphatic heterocycles. The zero-order valence-corrected chi connectivity index (χ0v) is 25.1. The summed E-state index contributed by atoms with van der Waals surface area (Å²) < 4.78 is 4.52. The molecule has 0 saturated heterocycles. The van der Waals surface area contributed by atoms with E-state index in [0.29, 0.717) is 27.9 Å². The molecule has 0 aliphatic rings. The zero-order valence-electron chi connectivity index (χ0n) is 24.3. The number of benzene rings is 1. The lowest BCUT2D eigenvalue weighted by molar-refractivity contribution is 0.0741. The predicted octanol–water partition coefficient (Wildman–Crippen LogP) is 6.57. The van der Waals surface area contributed by atoms with Crippen molar-refractivity contribution in [1.29, 1.82) is 0 Å². The number of carbonyl (C=O) groups excluding carboxylic acids is 1. The van der Waals surface area contributed by atoms with Crippen LogP contribution in [-0.2, 0) is 6.54 Å². The van der Waals surface area contributed by atoms with E-state index in [0.717, 1.165) is 68.5 Å². The number of thiophene rings is 1. The predicted molar refractivity (Wildman–Crippen MR) is 164 cm³/mol. The van der Waals surface area contributed by atoms with Crippen LogP contribution in [0.3, 0.4) is 0 Å². The van der Waals surface area contributed by atoms with Crippen molar-refractivity contribution in [3.8, 4) is 0 Å². The van der Waals surface area contributed by atoms with E-state index in [2.05, 4.69) is 44.5 Å². The summed E-state index contributed by atoms with van der Waals surface area (Å²) in [5.41, 5.74) is 3.06. The van der Waals surface area contributed by atoms with Gasteiger partial charge in [-0.1, -0.05) is 47.5 Å². The number of aryl methyl sites for hydroxylation is 1. The number of fused-ring (bicyclic) bond motifs is 4. The maximum absolute atomic E-state index is 13.8. The summed E-state index contributed by atoms with van der Waals surface area (Å²) in [6.07, 6.45) is 6.52. The number of nitrogens with zero attached hydrogens (tertiary/aromatic N) is 4. The van der Waals surface area contributed by atoms with E-state index in [9.17, 15) is 9.59 Å². The third kappa shape index (κ3) is 6.90. The lowest BCUT2D eigenvalue weighted by Gasteiger charge is -2.24. The molecule has 7 nitrogen and oxygen atoms in total. The van der Waals surface area contributed by atoms with Crippen LogP contribution in [-0.4, -0.2) is 50.9 Å². The molecule has 39 heavy (non-hydrogen) atoms. The molecule has 1 amide bonds. The van der Waals surface area contributed by atoms with Gasteiger partial charge < -0.3 is 14.8 Å². The molecule has 3 aromatic heterocycles. The van der Waals surface area contributed by atoms with Crippen molar-refractivity contribution in [2.45, 2.75) is 79.7 Å². The first-order valence-corrected chi connectivity index (χ1v) is 15.6. The Morgan fingerprint density at radius 3 is 2.41 bits per heavy atom. The van der Waals surface area contributed by atoms with E-state index in [1.807, 2.05) is 34.5 Å². The SMILES string of the molecule is CCCCCNCCCn1c2cc(C(=O)N(CCC(C)C)CCC(C)C)ccc2n2c(=O)c3sccc3nc12. The molecule has 8 heteroatoms. The molecule has 212 valence electrons. The standard InChI is InChI=1S/C31H45N5O2S/c1-6-7-8-15-32-16-9-17-35-27-21-24(29(37)34(18-12-22(2)3)19-13-23(4)5)10-11-26(27)36-30(38)28-25(14-20-39-28)33-31(35)36/h10-11,14,20-23,32H,6-9,12-13,15-19H2,1-5H3. The van der Waals surface area contributed by atoms with Crippen LogP contribution in [0.1, 0.15) is 83.5 Å². The summed E-state index contributed by atoms with van der Waals surface area (Å²) in [4.78, 5) is 34.2. The van der Waals surface area contributed by atoms with Crippen molar-refractivity contribution in [3.63, 3.8) is 0 Å². The molecule has 0 atom stereocenters. The topological polar surface area (TPSA) is 71.6 Å². The molecular weight excluding hydrogens is 506 g/mol. The second kappa shape index (κ2) is 13.6. The second-order valence-corrected chi connectivity index (χ2v) is 12.4. The largest absolute Gasteiger partial charge is 0.339 e. The number of rotatable bonds is 15. The van der Waals surface area contributed by atoms with Crippen molar-refractivity contribution >= 4 is 44.3 Å². The van der Waals surface area contributed by atoms with Gasteiger partial charge in [0.2, 0.25) is 5.78 Å². The third-order valence-corrected chi connectivity index (χ3v) is 8.28. The highest BCUT2D eigenvalue weighted by molar-refractivity contribution is 7.17. The number of unbranched alkanes of at least 4 members (excludes halogenated alkanes) is 2. The molecular formula is C31H45N5O2S. The van der Waals surface area contributed by atoms with Gasteiger partial charge in [0.25, 0.3) is 11.5 Å². The van der Waals surface area contributed by atoms with E-state index in [4.69, 9.17) is 4.98 Å². The summed E-state index contributed by atoms with van der Waals surface area (Å²) >= 11 is 1.43. The van der Waals surface area contributed by atoms with Gasteiger partial charge in [-0.15, -0.1) is 11.3 Å². The summed E-state index contributed by atoms with van der Waals surface area (Å²) in [5, 5.41) is 5.47. The number of hydrogen-bond donors (Lipinski definition) is 1. The zero-order chi connectivity index (χ0) is 27.9. The first kappa shape index (κ1) is 29.3. The minimum absolute atomic E-state index is 0.0407. The average Bonchev–Trinajstić information content (AvgIpc) is 3.50. The summed E-state index contributed by atoms with van der Waals surface area (Å²) in [6, 6.07) is 7.70.